The molecule has 6 nitrogen and oxygen atoms in total. The highest BCUT2D eigenvalue weighted by atomic mass is 16.4. The summed E-state index contributed by atoms with van der Waals surface area (Å²) in [6.07, 6.45) is 0. The molecule has 1 unspecified atom stereocenters. The van der Waals surface area contributed by atoms with E-state index >= 15 is 0 Å². The van der Waals surface area contributed by atoms with E-state index in [-0.39, 0.29) is 0 Å². The monoisotopic (exact) mass is 233 g/mol. The summed E-state index contributed by atoms with van der Waals surface area (Å²) in [4.78, 5) is 22.2. The minimum absolute atomic E-state index is 0.440. The van der Waals surface area contributed by atoms with Crippen molar-refractivity contribution in [2.75, 3.05) is 12.4 Å². The van der Waals surface area contributed by atoms with E-state index in [1.807, 2.05) is 6.07 Å². The molecule has 0 saturated carbocycles. The molecule has 0 radical (unpaired) electrons. The quantitative estimate of drug-likeness (QED) is 0.643. The highest BCUT2D eigenvalue weighted by Crippen LogP contribution is 2.09. The lowest BCUT2D eigenvalue weighted by atomic mass is 10.2. The number of nitrogens with zero attached hydrogens (tertiary/aromatic N) is 1. The average Bonchev–Trinajstić information content (AvgIpc) is 2.30. The molecule has 1 amide bonds. The summed E-state index contributed by atoms with van der Waals surface area (Å²) >= 11 is 0. The van der Waals surface area contributed by atoms with Crippen LogP contribution in [0.3, 0.4) is 0 Å². The predicted molar refractivity (Wildman–Crippen MR) is 60.3 cm³/mol. The number of amides is 1. The minimum Gasteiger partial charge on any atom is -0.480 e. The third-order valence-corrected chi connectivity index (χ3v) is 2.08. The van der Waals surface area contributed by atoms with E-state index in [1.165, 1.54) is 31.3 Å². The molecule has 0 aliphatic rings. The molecular weight excluding hydrogens is 222 g/mol. The van der Waals surface area contributed by atoms with Crippen LogP contribution in [0.1, 0.15) is 5.56 Å². The zero-order valence-corrected chi connectivity index (χ0v) is 9.10. The maximum absolute atomic E-state index is 11.5. The van der Waals surface area contributed by atoms with Crippen molar-refractivity contribution in [2.45, 2.75) is 6.04 Å². The Kier molecular flexibility index (Phi) is 4.20. The molecule has 1 atom stereocenters. The lowest BCUT2D eigenvalue weighted by molar-refractivity contribution is -0.142. The van der Waals surface area contributed by atoms with Gasteiger partial charge in [-0.05, 0) is 31.3 Å². The van der Waals surface area contributed by atoms with E-state index in [4.69, 9.17) is 10.4 Å². The number of hydrogen-bond acceptors (Lipinski definition) is 4. The molecule has 1 aromatic rings. The number of carbonyl (C=O) groups excluding carboxylic acids is 1. The van der Waals surface area contributed by atoms with Crippen LogP contribution in [-0.2, 0) is 9.59 Å². The number of benzene rings is 1. The molecule has 0 fully saturated rings. The molecule has 88 valence electrons. The number of rotatable bonds is 4. The van der Waals surface area contributed by atoms with Gasteiger partial charge in [-0.15, -0.1) is 0 Å². The largest absolute Gasteiger partial charge is 0.480 e. The molecule has 1 aromatic carbocycles. The number of anilines is 1. The van der Waals surface area contributed by atoms with Crippen molar-refractivity contribution in [2.24, 2.45) is 0 Å². The van der Waals surface area contributed by atoms with Crippen molar-refractivity contribution in [3.8, 4) is 6.07 Å². The molecule has 17 heavy (non-hydrogen) atoms. The number of nitriles is 1. The highest BCUT2D eigenvalue weighted by Gasteiger charge is 2.23. The van der Waals surface area contributed by atoms with E-state index in [1.54, 1.807) is 0 Å². The van der Waals surface area contributed by atoms with Gasteiger partial charge in [-0.2, -0.15) is 5.26 Å². The van der Waals surface area contributed by atoms with Crippen LogP contribution >= 0.6 is 0 Å². The minimum atomic E-state index is -1.30. The molecule has 0 bridgehead atoms. The Morgan fingerprint density at radius 1 is 1.35 bits per heavy atom. The Hall–Kier alpha value is -2.39. The van der Waals surface area contributed by atoms with Crippen molar-refractivity contribution in [1.82, 2.24) is 5.32 Å². The van der Waals surface area contributed by atoms with Crippen LogP contribution in [0.25, 0.3) is 0 Å². The van der Waals surface area contributed by atoms with Gasteiger partial charge in [0, 0.05) is 5.69 Å². The topological polar surface area (TPSA) is 102 Å². The first-order chi connectivity index (χ1) is 8.08. The third kappa shape index (κ3) is 3.29. The number of carbonyl (C=O) groups is 2. The zero-order chi connectivity index (χ0) is 12.8. The first kappa shape index (κ1) is 12.7. The van der Waals surface area contributed by atoms with Crippen molar-refractivity contribution >= 4 is 17.6 Å². The fourth-order valence-electron chi connectivity index (χ4n) is 1.21. The van der Waals surface area contributed by atoms with Crippen LogP contribution in [0.5, 0.6) is 0 Å². The predicted octanol–water partition coefficient (Wildman–Crippen LogP) is 0.169. The standard InChI is InChI=1S/C11H11N3O3/c1-13-9(11(16)17)10(15)14-8-4-2-7(6-12)3-5-8/h2-5,9,13H,1H3,(H,14,15)(H,16,17). The maximum Gasteiger partial charge on any atom is 0.330 e. The second-order valence-corrected chi connectivity index (χ2v) is 3.24. The second kappa shape index (κ2) is 5.63. The van der Waals surface area contributed by atoms with Crippen LogP contribution in [0.15, 0.2) is 24.3 Å². The fraction of sp³-hybridized carbons (Fsp3) is 0.182. The van der Waals surface area contributed by atoms with E-state index in [0.717, 1.165) is 0 Å². The van der Waals surface area contributed by atoms with Crippen LogP contribution < -0.4 is 10.6 Å². The number of hydrogen-bond donors (Lipinski definition) is 3. The molecule has 0 aliphatic carbocycles. The van der Waals surface area contributed by atoms with Crippen molar-refractivity contribution < 1.29 is 14.7 Å². The van der Waals surface area contributed by atoms with Crippen LogP contribution in [-0.4, -0.2) is 30.1 Å². The molecule has 0 spiro atoms. The van der Waals surface area contributed by atoms with Crippen LogP contribution in [0.2, 0.25) is 0 Å². The summed E-state index contributed by atoms with van der Waals surface area (Å²) in [7, 11) is 1.39. The van der Waals surface area contributed by atoms with Gasteiger partial charge in [0.25, 0.3) is 5.91 Å². The third-order valence-electron chi connectivity index (χ3n) is 2.08. The average molecular weight is 233 g/mol. The van der Waals surface area contributed by atoms with Gasteiger partial charge < -0.3 is 10.4 Å². The first-order valence-electron chi connectivity index (χ1n) is 4.79. The lowest BCUT2D eigenvalue weighted by Crippen LogP contribution is -2.44. The van der Waals surface area contributed by atoms with Gasteiger partial charge in [0.05, 0.1) is 11.6 Å². The number of likely N-dealkylation sites (N-methyl/N-ethyl adjacent to an activating group) is 1. The fourth-order valence-corrected chi connectivity index (χ4v) is 1.21. The molecule has 0 heterocycles. The van der Waals surface area contributed by atoms with Gasteiger partial charge in [-0.1, -0.05) is 0 Å². The second-order valence-electron chi connectivity index (χ2n) is 3.24. The summed E-state index contributed by atoms with van der Waals surface area (Å²) in [5.41, 5.74) is 0.905. The zero-order valence-electron chi connectivity index (χ0n) is 9.10. The van der Waals surface area contributed by atoms with E-state index in [0.29, 0.717) is 11.3 Å². The van der Waals surface area contributed by atoms with E-state index in [9.17, 15) is 9.59 Å². The lowest BCUT2D eigenvalue weighted by Gasteiger charge is -2.11. The van der Waals surface area contributed by atoms with Gasteiger partial charge >= 0.3 is 5.97 Å². The van der Waals surface area contributed by atoms with Crippen molar-refractivity contribution in [3.05, 3.63) is 29.8 Å². The smallest absolute Gasteiger partial charge is 0.330 e. The Balaban J connectivity index is 2.74. The summed E-state index contributed by atoms with van der Waals surface area (Å²) in [6, 6.07) is 6.77. The Labute approximate surface area is 97.9 Å². The molecule has 6 heteroatoms. The normalized spacial score (nSPS) is 11.3. The van der Waals surface area contributed by atoms with Crippen molar-refractivity contribution in [1.29, 1.82) is 5.26 Å². The first-order valence-corrected chi connectivity index (χ1v) is 4.79. The summed E-state index contributed by atoms with van der Waals surface area (Å²) < 4.78 is 0. The molecule has 3 N–H and O–H groups in total. The number of carboxylic acids is 1. The SMILES string of the molecule is CNC(C(=O)O)C(=O)Nc1ccc(C#N)cc1. The Morgan fingerprint density at radius 2 is 1.94 bits per heavy atom. The molecule has 0 saturated heterocycles. The van der Waals surface area contributed by atoms with E-state index in [2.05, 4.69) is 10.6 Å². The van der Waals surface area contributed by atoms with Crippen molar-refractivity contribution in [3.63, 3.8) is 0 Å². The molecule has 1 rings (SSSR count). The van der Waals surface area contributed by atoms with Crippen LogP contribution in [0, 0.1) is 11.3 Å². The summed E-state index contributed by atoms with van der Waals surface area (Å²) in [5, 5.41) is 22.1. The van der Waals surface area contributed by atoms with Gasteiger partial charge in [-0.25, -0.2) is 4.79 Å². The molecule has 0 aliphatic heterocycles. The molecular formula is C11H11N3O3. The maximum atomic E-state index is 11.5. The molecule has 0 aromatic heterocycles. The Bertz CT molecular complexity index is 462. The highest BCUT2D eigenvalue weighted by molar-refractivity contribution is 6.07. The summed E-state index contributed by atoms with van der Waals surface area (Å²) in [5.74, 6) is -1.91. The summed E-state index contributed by atoms with van der Waals surface area (Å²) in [6.45, 7) is 0. The number of carboxylic acid groups (broad SMARTS) is 1. The van der Waals surface area contributed by atoms with E-state index < -0.39 is 17.9 Å². The van der Waals surface area contributed by atoms with Gasteiger partial charge in [0.2, 0.25) is 0 Å². The van der Waals surface area contributed by atoms with Gasteiger partial charge in [-0.3, -0.25) is 10.1 Å². The van der Waals surface area contributed by atoms with Gasteiger partial charge in [0.15, 0.2) is 6.04 Å². The number of nitrogens with one attached hydrogen (secondary N) is 2. The van der Waals surface area contributed by atoms with Gasteiger partial charge in [0.1, 0.15) is 0 Å². The Morgan fingerprint density at radius 3 is 2.35 bits per heavy atom. The van der Waals surface area contributed by atoms with Crippen LogP contribution in [0.4, 0.5) is 5.69 Å². The number of aliphatic carboxylic acids is 1.